The maximum atomic E-state index is 14.0. The zero-order valence-corrected chi connectivity index (χ0v) is 14.2. The predicted molar refractivity (Wildman–Crippen MR) is 89.0 cm³/mol. The summed E-state index contributed by atoms with van der Waals surface area (Å²) in [6.07, 6.45) is 2.08. The van der Waals surface area contributed by atoms with Crippen LogP contribution in [0.3, 0.4) is 0 Å². The van der Waals surface area contributed by atoms with Crippen molar-refractivity contribution in [2.75, 3.05) is 45.3 Å². The molecule has 1 aliphatic heterocycles. The van der Waals surface area contributed by atoms with E-state index in [1.165, 1.54) is 12.1 Å². The van der Waals surface area contributed by atoms with Crippen LogP contribution >= 0.6 is 0 Å². The lowest BCUT2D eigenvalue weighted by molar-refractivity contribution is 0.0849. The molecule has 1 aromatic rings. The van der Waals surface area contributed by atoms with Crippen molar-refractivity contribution in [3.05, 3.63) is 24.0 Å². The highest BCUT2D eigenvalue weighted by atomic mass is 19.1. The molecule has 0 saturated carbocycles. The molecule has 1 heterocycles. The Kier molecular flexibility index (Phi) is 7.27. The van der Waals surface area contributed by atoms with Gasteiger partial charge in [0.1, 0.15) is 6.61 Å². The first-order valence-electron chi connectivity index (χ1n) is 8.22. The average molecular weight is 340 g/mol. The lowest BCUT2D eigenvalue weighted by Crippen LogP contribution is -2.39. The molecule has 2 rings (SSSR count). The molecule has 1 saturated heterocycles. The molecule has 0 radical (unpaired) electrons. The number of ether oxygens (including phenoxy) is 3. The molecule has 0 aromatic heterocycles. The van der Waals surface area contributed by atoms with Crippen molar-refractivity contribution >= 4 is 11.7 Å². The molecule has 1 fully saturated rings. The van der Waals surface area contributed by atoms with Crippen molar-refractivity contribution < 1.29 is 23.4 Å². The fourth-order valence-corrected chi connectivity index (χ4v) is 2.52. The second kappa shape index (κ2) is 9.44. The van der Waals surface area contributed by atoms with Crippen molar-refractivity contribution in [1.82, 2.24) is 4.90 Å². The van der Waals surface area contributed by atoms with Gasteiger partial charge in [-0.2, -0.15) is 0 Å². The van der Waals surface area contributed by atoms with E-state index in [1.807, 2.05) is 6.92 Å². The summed E-state index contributed by atoms with van der Waals surface area (Å²) in [6, 6.07) is 4.10. The minimum atomic E-state index is -0.522. The third-order valence-corrected chi connectivity index (χ3v) is 3.85. The van der Waals surface area contributed by atoms with Crippen LogP contribution in [0.2, 0.25) is 0 Å². The van der Waals surface area contributed by atoms with Gasteiger partial charge in [0.15, 0.2) is 11.6 Å². The van der Waals surface area contributed by atoms with Crippen molar-refractivity contribution in [2.24, 2.45) is 0 Å². The van der Waals surface area contributed by atoms with Crippen LogP contribution in [0.25, 0.3) is 0 Å². The maximum Gasteiger partial charge on any atom is 0.321 e. The molecular formula is C17H25FN2O4. The molecule has 1 aliphatic rings. The number of rotatable bonds is 8. The predicted octanol–water partition coefficient (Wildman–Crippen LogP) is 2.88. The zero-order valence-electron chi connectivity index (χ0n) is 14.2. The maximum absolute atomic E-state index is 14.0. The minimum Gasteiger partial charge on any atom is -0.488 e. The summed E-state index contributed by atoms with van der Waals surface area (Å²) in [5.41, 5.74) is 0.391. The number of carbonyl (C=O) groups excluding carboxylic acids is 1. The molecular weight excluding hydrogens is 315 g/mol. The molecule has 0 aliphatic carbocycles. The quantitative estimate of drug-likeness (QED) is 0.739. The first kappa shape index (κ1) is 18.5. The summed E-state index contributed by atoms with van der Waals surface area (Å²) < 4.78 is 29.7. The molecule has 7 heteroatoms. The molecule has 6 nitrogen and oxygen atoms in total. The Bertz CT molecular complexity index is 535. The second-order valence-electron chi connectivity index (χ2n) is 5.59. The molecule has 1 unspecified atom stereocenters. The van der Waals surface area contributed by atoms with Gasteiger partial charge in [-0.1, -0.05) is 0 Å². The summed E-state index contributed by atoms with van der Waals surface area (Å²) in [5.74, 6) is -0.386. The minimum absolute atomic E-state index is 0.0870. The monoisotopic (exact) mass is 340 g/mol. The van der Waals surface area contributed by atoms with Crippen molar-refractivity contribution in [3.63, 3.8) is 0 Å². The van der Waals surface area contributed by atoms with E-state index in [2.05, 4.69) is 5.32 Å². The van der Waals surface area contributed by atoms with Gasteiger partial charge < -0.3 is 24.4 Å². The topological polar surface area (TPSA) is 60.0 Å². The second-order valence-corrected chi connectivity index (χ2v) is 5.59. The number of halogens is 1. The van der Waals surface area contributed by atoms with Gasteiger partial charge in [0.2, 0.25) is 0 Å². The Labute approximate surface area is 141 Å². The Morgan fingerprint density at radius 1 is 1.46 bits per heavy atom. The van der Waals surface area contributed by atoms with Crippen molar-refractivity contribution in [2.45, 2.75) is 25.9 Å². The van der Waals surface area contributed by atoms with Crippen LogP contribution in [0, 0.1) is 5.82 Å². The lowest BCUT2D eigenvalue weighted by atomic mass is 10.2. The van der Waals surface area contributed by atoms with Crippen LogP contribution < -0.4 is 10.1 Å². The summed E-state index contributed by atoms with van der Waals surface area (Å²) in [5, 5.41) is 2.71. The number of methoxy groups -OCH3 is 1. The van der Waals surface area contributed by atoms with Gasteiger partial charge in [-0.3, -0.25) is 0 Å². The Balaban J connectivity index is 1.90. The summed E-state index contributed by atoms with van der Waals surface area (Å²) in [7, 11) is 1.55. The molecule has 1 atom stereocenters. The van der Waals surface area contributed by atoms with Crippen LogP contribution in [-0.4, -0.2) is 57.1 Å². The number of amides is 2. The van der Waals surface area contributed by atoms with Crippen LogP contribution in [0.5, 0.6) is 5.75 Å². The van der Waals surface area contributed by atoms with E-state index in [-0.39, 0.29) is 24.5 Å². The van der Waals surface area contributed by atoms with Crippen molar-refractivity contribution in [3.8, 4) is 5.75 Å². The van der Waals surface area contributed by atoms with E-state index in [9.17, 15) is 9.18 Å². The molecule has 134 valence electrons. The summed E-state index contributed by atoms with van der Waals surface area (Å²) >= 11 is 0. The van der Waals surface area contributed by atoms with Crippen LogP contribution in [0.15, 0.2) is 18.2 Å². The molecule has 1 N–H and O–H groups in total. The molecule has 2 amide bonds. The zero-order chi connectivity index (χ0) is 17.4. The lowest BCUT2D eigenvalue weighted by Gasteiger charge is -2.24. The van der Waals surface area contributed by atoms with Crippen LogP contribution in [-0.2, 0) is 9.47 Å². The molecule has 0 spiro atoms. The van der Waals surface area contributed by atoms with Crippen LogP contribution in [0.4, 0.5) is 14.9 Å². The first-order valence-corrected chi connectivity index (χ1v) is 8.22. The number of urea groups is 1. The fourth-order valence-electron chi connectivity index (χ4n) is 2.52. The third-order valence-electron chi connectivity index (χ3n) is 3.85. The number of hydrogen-bond donors (Lipinski definition) is 1. The van der Waals surface area contributed by atoms with Gasteiger partial charge in [-0.15, -0.1) is 0 Å². The largest absolute Gasteiger partial charge is 0.488 e. The Morgan fingerprint density at radius 3 is 2.92 bits per heavy atom. The normalized spacial score (nSPS) is 16.9. The number of anilines is 1. The highest BCUT2D eigenvalue weighted by Gasteiger charge is 2.21. The van der Waals surface area contributed by atoms with E-state index in [1.54, 1.807) is 18.1 Å². The van der Waals surface area contributed by atoms with E-state index in [0.717, 1.165) is 19.4 Å². The SMILES string of the molecule is CCN(CC1CCCO1)C(=O)Nc1ccc(OCCOC)c(F)c1. The highest BCUT2D eigenvalue weighted by Crippen LogP contribution is 2.21. The van der Waals surface area contributed by atoms with Gasteiger partial charge in [0, 0.05) is 38.6 Å². The van der Waals surface area contributed by atoms with E-state index < -0.39 is 5.82 Å². The fraction of sp³-hybridized carbons (Fsp3) is 0.588. The number of hydrogen-bond acceptors (Lipinski definition) is 4. The van der Waals surface area contributed by atoms with Crippen molar-refractivity contribution in [1.29, 1.82) is 0 Å². The average Bonchev–Trinajstić information content (AvgIpc) is 3.08. The van der Waals surface area contributed by atoms with E-state index in [4.69, 9.17) is 14.2 Å². The van der Waals surface area contributed by atoms with Crippen LogP contribution in [0.1, 0.15) is 19.8 Å². The van der Waals surface area contributed by atoms with Gasteiger partial charge in [0.05, 0.1) is 12.7 Å². The molecule has 1 aromatic carbocycles. The summed E-state index contributed by atoms with van der Waals surface area (Å²) in [6.45, 7) is 4.41. The Morgan fingerprint density at radius 2 is 2.29 bits per heavy atom. The number of nitrogens with one attached hydrogen (secondary N) is 1. The first-order chi connectivity index (χ1) is 11.6. The van der Waals surface area contributed by atoms with Gasteiger partial charge in [0.25, 0.3) is 0 Å². The number of likely N-dealkylation sites (N-methyl/N-ethyl adjacent to an activating group) is 1. The third kappa shape index (κ3) is 5.35. The van der Waals surface area contributed by atoms with Gasteiger partial charge in [-0.25, -0.2) is 9.18 Å². The number of nitrogens with zero attached hydrogens (tertiary/aromatic N) is 1. The van der Waals surface area contributed by atoms with Gasteiger partial charge in [-0.05, 0) is 31.9 Å². The standard InChI is InChI=1S/C17H25FN2O4/c1-3-20(12-14-5-4-8-23-14)17(21)19-13-6-7-16(15(18)11-13)24-10-9-22-2/h6-7,11,14H,3-5,8-10,12H2,1-2H3,(H,19,21). The molecule has 0 bridgehead atoms. The van der Waals surface area contributed by atoms with E-state index >= 15 is 0 Å². The smallest absolute Gasteiger partial charge is 0.321 e. The number of benzene rings is 1. The number of carbonyl (C=O) groups is 1. The molecule has 24 heavy (non-hydrogen) atoms. The van der Waals surface area contributed by atoms with E-state index in [0.29, 0.717) is 25.4 Å². The highest BCUT2D eigenvalue weighted by molar-refractivity contribution is 5.89. The summed E-state index contributed by atoms with van der Waals surface area (Å²) in [4.78, 5) is 14.0. The Hall–Kier alpha value is -1.86. The van der Waals surface area contributed by atoms with Gasteiger partial charge >= 0.3 is 6.03 Å².